The van der Waals surface area contributed by atoms with Crippen LogP contribution in [0.5, 0.6) is 0 Å². The van der Waals surface area contributed by atoms with Crippen LogP contribution in [-0.4, -0.2) is 25.7 Å². The maximum absolute atomic E-state index is 12.3. The molecule has 1 aliphatic rings. The molecule has 1 fully saturated rings. The number of aliphatic hydroxyl groups is 1. The zero-order chi connectivity index (χ0) is 14.0. The predicted octanol–water partition coefficient (Wildman–Crippen LogP) is 2.34. The van der Waals surface area contributed by atoms with Crippen molar-refractivity contribution in [1.82, 2.24) is 4.72 Å². The fourth-order valence-electron chi connectivity index (χ4n) is 2.22. The molecule has 0 heterocycles. The lowest BCUT2D eigenvalue weighted by Gasteiger charge is -2.26. The topological polar surface area (TPSA) is 66.4 Å². The fraction of sp³-hybridized carbons (Fsp3) is 0.538. The first kappa shape index (κ1) is 15.0. The lowest BCUT2D eigenvalue weighted by atomic mass is 9.94. The van der Waals surface area contributed by atoms with Crippen molar-refractivity contribution >= 4 is 26.0 Å². The molecule has 0 aromatic heterocycles. The third kappa shape index (κ3) is 3.78. The maximum atomic E-state index is 12.3. The molecular weight excluding hydrogens is 330 g/mol. The lowest BCUT2D eigenvalue weighted by Crippen LogP contribution is -2.38. The van der Waals surface area contributed by atoms with Crippen molar-refractivity contribution in [2.45, 2.75) is 49.6 Å². The molecule has 1 aromatic rings. The van der Waals surface area contributed by atoms with E-state index in [1.165, 1.54) is 0 Å². The highest BCUT2D eigenvalue weighted by atomic mass is 79.9. The fourth-order valence-corrected chi connectivity index (χ4v) is 4.08. The van der Waals surface area contributed by atoms with Crippen LogP contribution in [0.2, 0.25) is 0 Å². The third-order valence-corrected chi connectivity index (χ3v) is 5.84. The van der Waals surface area contributed by atoms with Gasteiger partial charge in [0.25, 0.3) is 0 Å². The standard InChI is InChI=1S/C13H18BrNO3S/c1-9-2-7-12(8-13(9)14)19(17,18)15-10-3-5-11(16)6-4-10/h2,7-8,10-11,15-16H,3-6H2,1H3/t10-,11-. The molecule has 0 radical (unpaired) electrons. The number of benzene rings is 1. The number of aliphatic hydroxyl groups excluding tert-OH is 1. The second-order valence-corrected chi connectivity index (χ2v) is 7.61. The molecule has 0 saturated heterocycles. The second kappa shape index (κ2) is 5.91. The van der Waals surface area contributed by atoms with Gasteiger partial charge < -0.3 is 5.11 Å². The van der Waals surface area contributed by atoms with Crippen LogP contribution in [0.1, 0.15) is 31.2 Å². The largest absolute Gasteiger partial charge is 0.393 e. The molecule has 2 N–H and O–H groups in total. The van der Waals surface area contributed by atoms with Crippen LogP contribution in [0.4, 0.5) is 0 Å². The van der Waals surface area contributed by atoms with E-state index < -0.39 is 10.0 Å². The van der Waals surface area contributed by atoms with Gasteiger partial charge >= 0.3 is 0 Å². The van der Waals surface area contributed by atoms with Gasteiger partial charge in [-0.3, -0.25) is 0 Å². The monoisotopic (exact) mass is 347 g/mol. The van der Waals surface area contributed by atoms with Crippen molar-refractivity contribution in [3.8, 4) is 0 Å². The molecular formula is C13H18BrNO3S. The second-order valence-electron chi connectivity index (χ2n) is 5.04. The zero-order valence-corrected chi connectivity index (χ0v) is 13.2. The number of hydrogen-bond acceptors (Lipinski definition) is 3. The van der Waals surface area contributed by atoms with Gasteiger partial charge in [-0.05, 0) is 50.3 Å². The normalized spacial score (nSPS) is 24.4. The van der Waals surface area contributed by atoms with Gasteiger partial charge in [-0.15, -0.1) is 0 Å². The van der Waals surface area contributed by atoms with Crippen LogP contribution < -0.4 is 4.72 Å². The summed E-state index contributed by atoms with van der Waals surface area (Å²) in [6.07, 6.45) is 2.41. The van der Waals surface area contributed by atoms with Crippen LogP contribution in [-0.2, 0) is 10.0 Å². The van der Waals surface area contributed by atoms with Gasteiger partial charge in [-0.25, -0.2) is 13.1 Å². The number of rotatable bonds is 3. The minimum atomic E-state index is -3.48. The van der Waals surface area contributed by atoms with E-state index in [2.05, 4.69) is 20.7 Å². The van der Waals surface area contributed by atoms with Crippen molar-refractivity contribution in [2.75, 3.05) is 0 Å². The van der Waals surface area contributed by atoms with Crippen LogP contribution in [0.15, 0.2) is 27.6 Å². The van der Waals surface area contributed by atoms with Crippen LogP contribution in [0.25, 0.3) is 0 Å². The zero-order valence-electron chi connectivity index (χ0n) is 10.8. The Kier molecular flexibility index (Phi) is 4.66. The van der Waals surface area contributed by atoms with E-state index in [1.807, 2.05) is 6.92 Å². The number of halogens is 1. The quantitative estimate of drug-likeness (QED) is 0.881. The molecule has 0 aliphatic heterocycles. The summed E-state index contributed by atoms with van der Waals surface area (Å²) in [4.78, 5) is 0.274. The summed E-state index contributed by atoms with van der Waals surface area (Å²) >= 11 is 3.35. The average molecular weight is 348 g/mol. The molecule has 4 nitrogen and oxygen atoms in total. The summed E-state index contributed by atoms with van der Waals surface area (Å²) < 4.78 is 28.0. The average Bonchev–Trinajstić information content (AvgIpc) is 2.35. The highest BCUT2D eigenvalue weighted by molar-refractivity contribution is 9.10. The van der Waals surface area contributed by atoms with Gasteiger partial charge in [0.1, 0.15) is 0 Å². The van der Waals surface area contributed by atoms with E-state index in [1.54, 1.807) is 18.2 Å². The van der Waals surface area contributed by atoms with E-state index in [0.717, 1.165) is 10.0 Å². The summed E-state index contributed by atoms with van der Waals surface area (Å²) in [5.41, 5.74) is 1.000. The Morgan fingerprint density at radius 2 is 1.89 bits per heavy atom. The van der Waals surface area contributed by atoms with Crippen molar-refractivity contribution in [3.63, 3.8) is 0 Å². The third-order valence-electron chi connectivity index (χ3n) is 3.47. The van der Waals surface area contributed by atoms with E-state index >= 15 is 0 Å². The molecule has 106 valence electrons. The Balaban J connectivity index is 2.11. The minimum Gasteiger partial charge on any atom is -0.393 e. The maximum Gasteiger partial charge on any atom is 0.240 e. The first-order chi connectivity index (χ1) is 8.88. The molecule has 19 heavy (non-hydrogen) atoms. The molecule has 0 atom stereocenters. The Labute approximate surface area is 122 Å². The van der Waals surface area contributed by atoms with E-state index in [-0.39, 0.29) is 17.0 Å². The Morgan fingerprint density at radius 1 is 1.26 bits per heavy atom. The lowest BCUT2D eigenvalue weighted by molar-refractivity contribution is 0.120. The van der Waals surface area contributed by atoms with Gasteiger partial charge in [-0.1, -0.05) is 22.0 Å². The number of hydrogen-bond donors (Lipinski definition) is 2. The molecule has 0 amide bonds. The Morgan fingerprint density at radius 3 is 2.47 bits per heavy atom. The van der Waals surface area contributed by atoms with Gasteiger partial charge in [0.2, 0.25) is 10.0 Å². The van der Waals surface area contributed by atoms with Gasteiger partial charge in [0.15, 0.2) is 0 Å². The van der Waals surface area contributed by atoms with Crippen molar-refractivity contribution in [1.29, 1.82) is 0 Å². The highest BCUT2D eigenvalue weighted by Crippen LogP contribution is 2.23. The first-order valence-electron chi connectivity index (χ1n) is 6.35. The van der Waals surface area contributed by atoms with Crippen LogP contribution in [0, 0.1) is 6.92 Å². The Bertz CT molecular complexity index is 551. The molecule has 1 saturated carbocycles. The molecule has 1 aliphatic carbocycles. The molecule has 0 unspecified atom stereocenters. The molecule has 1 aromatic carbocycles. The summed E-state index contributed by atoms with van der Waals surface area (Å²) in [7, 11) is -3.48. The van der Waals surface area contributed by atoms with E-state index in [4.69, 9.17) is 0 Å². The minimum absolute atomic E-state index is 0.0755. The number of aryl methyl sites for hydroxylation is 1. The van der Waals surface area contributed by atoms with Crippen molar-refractivity contribution < 1.29 is 13.5 Å². The van der Waals surface area contributed by atoms with Gasteiger partial charge in [0, 0.05) is 10.5 Å². The number of sulfonamides is 1. The van der Waals surface area contributed by atoms with Crippen LogP contribution in [0.3, 0.4) is 0 Å². The summed E-state index contributed by atoms with van der Waals surface area (Å²) in [5.74, 6) is 0. The van der Waals surface area contributed by atoms with E-state index in [9.17, 15) is 13.5 Å². The van der Waals surface area contributed by atoms with Crippen molar-refractivity contribution in [2.24, 2.45) is 0 Å². The molecule has 6 heteroatoms. The smallest absolute Gasteiger partial charge is 0.240 e. The summed E-state index contributed by atoms with van der Waals surface area (Å²) in [6, 6.07) is 4.94. The summed E-state index contributed by atoms with van der Waals surface area (Å²) in [6.45, 7) is 1.91. The Hall–Kier alpha value is -0.430. The van der Waals surface area contributed by atoms with Crippen LogP contribution >= 0.6 is 15.9 Å². The predicted molar refractivity (Wildman–Crippen MR) is 77.5 cm³/mol. The molecule has 0 bridgehead atoms. The SMILES string of the molecule is Cc1ccc(S(=O)(=O)N[C@H]2CC[C@H](O)CC2)cc1Br. The molecule has 2 rings (SSSR count). The van der Waals surface area contributed by atoms with Gasteiger partial charge in [0.05, 0.1) is 11.0 Å². The summed E-state index contributed by atoms with van der Waals surface area (Å²) in [5, 5.41) is 9.43. The van der Waals surface area contributed by atoms with E-state index in [0.29, 0.717) is 25.7 Å². The van der Waals surface area contributed by atoms with Crippen molar-refractivity contribution in [3.05, 3.63) is 28.2 Å². The highest BCUT2D eigenvalue weighted by Gasteiger charge is 2.24. The van der Waals surface area contributed by atoms with Gasteiger partial charge in [-0.2, -0.15) is 0 Å². The first-order valence-corrected chi connectivity index (χ1v) is 8.62. The number of nitrogens with one attached hydrogen (secondary N) is 1. The molecule has 0 spiro atoms.